The van der Waals surface area contributed by atoms with Crippen LogP contribution in [0.4, 0.5) is 11.4 Å². The van der Waals surface area contributed by atoms with Crippen LogP contribution in [0.25, 0.3) is 0 Å². The van der Waals surface area contributed by atoms with Crippen molar-refractivity contribution in [1.29, 1.82) is 0 Å². The molecule has 4 N–H and O–H groups in total. The average Bonchev–Trinajstić information content (AvgIpc) is 2.24. The van der Waals surface area contributed by atoms with Gasteiger partial charge in [0.25, 0.3) is 0 Å². The van der Waals surface area contributed by atoms with Crippen LogP contribution in [0.1, 0.15) is 50.4 Å². The number of hydrogen-bond donors (Lipinski definition) is 2. The molecule has 0 saturated heterocycles. The number of rotatable bonds is 2. The molecule has 1 aliphatic carbocycles. The summed E-state index contributed by atoms with van der Waals surface area (Å²) in [6, 6.07) is 4.84. The van der Waals surface area contributed by atoms with Gasteiger partial charge in [-0.25, -0.2) is 4.79 Å². The molecule has 2 unspecified atom stereocenters. The number of benzene rings is 1. The van der Waals surface area contributed by atoms with Crippen LogP contribution in [0.5, 0.6) is 0 Å². The van der Waals surface area contributed by atoms with E-state index < -0.39 is 0 Å². The molecule has 1 aromatic carbocycles. The molecule has 20 heavy (non-hydrogen) atoms. The molecule has 0 amide bonds. The molecule has 1 fully saturated rings. The Morgan fingerprint density at radius 3 is 2.35 bits per heavy atom. The van der Waals surface area contributed by atoms with Gasteiger partial charge < -0.3 is 16.2 Å². The van der Waals surface area contributed by atoms with Crippen molar-refractivity contribution in [2.75, 3.05) is 11.5 Å². The first-order valence-corrected chi connectivity index (χ1v) is 7.12. The highest BCUT2D eigenvalue weighted by Crippen LogP contribution is 2.39. The maximum Gasteiger partial charge on any atom is 0.338 e. The van der Waals surface area contributed by atoms with E-state index in [-0.39, 0.29) is 17.5 Å². The van der Waals surface area contributed by atoms with E-state index in [1.54, 1.807) is 18.2 Å². The zero-order chi connectivity index (χ0) is 14.9. The van der Waals surface area contributed by atoms with Gasteiger partial charge in [0.05, 0.1) is 5.56 Å². The quantitative estimate of drug-likeness (QED) is 0.642. The molecule has 2 atom stereocenters. The molecule has 0 spiro atoms. The molecule has 0 bridgehead atoms. The van der Waals surface area contributed by atoms with Gasteiger partial charge in [-0.1, -0.05) is 20.8 Å². The van der Waals surface area contributed by atoms with Crippen LogP contribution in [0, 0.1) is 11.3 Å². The van der Waals surface area contributed by atoms with E-state index in [0.29, 0.717) is 22.9 Å². The van der Waals surface area contributed by atoms with E-state index in [9.17, 15) is 4.79 Å². The topological polar surface area (TPSA) is 78.3 Å². The van der Waals surface area contributed by atoms with Gasteiger partial charge >= 0.3 is 5.97 Å². The van der Waals surface area contributed by atoms with Crippen molar-refractivity contribution in [3.8, 4) is 0 Å². The van der Waals surface area contributed by atoms with E-state index in [4.69, 9.17) is 16.2 Å². The lowest BCUT2D eigenvalue weighted by molar-refractivity contribution is -0.00713. The fourth-order valence-electron chi connectivity index (χ4n) is 3.36. The summed E-state index contributed by atoms with van der Waals surface area (Å²) in [6.07, 6.45) is 2.98. The first kappa shape index (κ1) is 14.7. The van der Waals surface area contributed by atoms with Crippen molar-refractivity contribution in [2.45, 2.75) is 46.1 Å². The SMILES string of the molecule is CC1CC(OC(=O)c2cc(N)cc(N)c2)CC(C)(C)C1. The second-order valence-electron chi connectivity index (χ2n) is 6.83. The number of nitrogen functional groups attached to an aromatic ring is 2. The zero-order valence-electron chi connectivity index (χ0n) is 12.5. The van der Waals surface area contributed by atoms with Crippen LogP contribution >= 0.6 is 0 Å². The van der Waals surface area contributed by atoms with Gasteiger partial charge in [-0.05, 0) is 48.8 Å². The molecule has 0 heterocycles. The molecule has 0 aliphatic heterocycles. The van der Waals surface area contributed by atoms with Crippen molar-refractivity contribution in [3.63, 3.8) is 0 Å². The Hall–Kier alpha value is -1.71. The van der Waals surface area contributed by atoms with Crippen molar-refractivity contribution in [3.05, 3.63) is 23.8 Å². The monoisotopic (exact) mass is 276 g/mol. The minimum Gasteiger partial charge on any atom is -0.459 e. The van der Waals surface area contributed by atoms with Gasteiger partial charge in [0.15, 0.2) is 0 Å². The number of anilines is 2. The van der Waals surface area contributed by atoms with Crippen molar-refractivity contribution < 1.29 is 9.53 Å². The standard InChI is InChI=1S/C16H24N2O2/c1-10-4-14(9-16(2,3)8-10)20-15(19)11-5-12(17)7-13(18)6-11/h5-7,10,14H,4,8-9,17-18H2,1-3H3. The Kier molecular flexibility index (Phi) is 3.93. The maximum absolute atomic E-state index is 12.2. The van der Waals surface area contributed by atoms with Gasteiger partial charge in [0.1, 0.15) is 6.10 Å². The molecule has 1 saturated carbocycles. The zero-order valence-corrected chi connectivity index (χ0v) is 12.5. The van der Waals surface area contributed by atoms with Crippen LogP contribution in [0.15, 0.2) is 18.2 Å². The third-order valence-corrected chi connectivity index (χ3v) is 3.83. The summed E-state index contributed by atoms with van der Waals surface area (Å²) in [5.74, 6) is 0.237. The Morgan fingerprint density at radius 2 is 1.80 bits per heavy atom. The van der Waals surface area contributed by atoms with E-state index >= 15 is 0 Å². The summed E-state index contributed by atoms with van der Waals surface area (Å²) in [5, 5.41) is 0. The normalized spacial score (nSPS) is 25.1. The van der Waals surface area contributed by atoms with Crippen LogP contribution in [-0.2, 0) is 4.74 Å². The number of carbonyl (C=O) groups excluding carboxylic acids is 1. The molecule has 110 valence electrons. The Morgan fingerprint density at radius 1 is 1.20 bits per heavy atom. The second kappa shape index (κ2) is 5.35. The van der Waals surface area contributed by atoms with Crippen molar-refractivity contribution in [2.24, 2.45) is 11.3 Å². The van der Waals surface area contributed by atoms with Gasteiger partial charge in [-0.15, -0.1) is 0 Å². The third kappa shape index (κ3) is 3.65. The highest BCUT2D eigenvalue weighted by atomic mass is 16.5. The first-order valence-electron chi connectivity index (χ1n) is 7.12. The van der Waals surface area contributed by atoms with E-state index in [0.717, 1.165) is 12.8 Å². The molecule has 4 heteroatoms. The minimum absolute atomic E-state index is 0.0242. The second-order valence-corrected chi connectivity index (χ2v) is 6.83. The molecule has 0 radical (unpaired) electrons. The highest BCUT2D eigenvalue weighted by Gasteiger charge is 2.34. The predicted octanol–water partition coefficient (Wildman–Crippen LogP) is 3.22. The molecule has 1 aromatic rings. The average molecular weight is 276 g/mol. The maximum atomic E-state index is 12.2. The third-order valence-electron chi connectivity index (χ3n) is 3.83. The summed E-state index contributed by atoms with van der Waals surface area (Å²) < 4.78 is 5.64. The smallest absolute Gasteiger partial charge is 0.338 e. The summed E-state index contributed by atoms with van der Waals surface area (Å²) in [4.78, 5) is 12.2. The molecular weight excluding hydrogens is 252 g/mol. The molecule has 0 aromatic heterocycles. The van der Waals surface area contributed by atoms with Crippen LogP contribution in [0.2, 0.25) is 0 Å². The summed E-state index contributed by atoms with van der Waals surface area (Å²) in [5.41, 5.74) is 13.0. The number of hydrogen-bond acceptors (Lipinski definition) is 4. The lowest BCUT2D eigenvalue weighted by Crippen LogP contribution is -2.34. The molecule has 4 nitrogen and oxygen atoms in total. The van der Waals surface area contributed by atoms with Crippen molar-refractivity contribution >= 4 is 17.3 Å². The lowest BCUT2D eigenvalue weighted by Gasteiger charge is -2.38. The van der Waals surface area contributed by atoms with Crippen LogP contribution in [0.3, 0.4) is 0 Å². The van der Waals surface area contributed by atoms with Crippen LogP contribution in [-0.4, -0.2) is 12.1 Å². The first-order chi connectivity index (χ1) is 9.25. The molecule has 1 aliphatic rings. The number of ether oxygens (including phenoxy) is 1. The van der Waals surface area contributed by atoms with Gasteiger partial charge in [-0.2, -0.15) is 0 Å². The molecular formula is C16H24N2O2. The fourth-order valence-corrected chi connectivity index (χ4v) is 3.36. The Bertz CT molecular complexity index is 491. The fraction of sp³-hybridized carbons (Fsp3) is 0.562. The lowest BCUT2D eigenvalue weighted by atomic mass is 9.71. The van der Waals surface area contributed by atoms with Crippen molar-refractivity contribution in [1.82, 2.24) is 0 Å². The van der Waals surface area contributed by atoms with Gasteiger partial charge in [0, 0.05) is 11.4 Å². The van der Waals surface area contributed by atoms with Gasteiger partial charge in [0.2, 0.25) is 0 Å². The van der Waals surface area contributed by atoms with E-state index in [1.807, 2.05) is 0 Å². The number of esters is 1. The Balaban J connectivity index is 2.07. The van der Waals surface area contributed by atoms with E-state index in [2.05, 4.69) is 20.8 Å². The summed E-state index contributed by atoms with van der Waals surface area (Å²) in [6.45, 7) is 6.66. The van der Waals surface area contributed by atoms with E-state index in [1.165, 1.54) is 6.42 Å². The summed E-state index contributed by atoms with van der Waals surface area (Å²) in [7, 11) is 0. The predicted molar refractivity (Wildman–Crippen MR) is 81.3 cm³/mol. The summed E-state index contributed by atoms with van der Waals surface area (Å²) >= 11 is 0. The number of carbonyl (C=O) groups is 1. The largest absolute Gasteiger partial charge is 0.459 e. The minimum atomic E-state index is -0.334. The number of nitrogens with two attached hydrogens (primary N) is 2. The molecule has 2 rings (SSSR count). The highest BCUT2D eigenvalue weighted by molar-refractivity contribution is 5.91. The van der Waals surface area contributed by atoms with Crippen LogP contribution < -0.4 is 11.5 Å². The Labute approximate surface area is 120 Å². The van der Waals surface area contributed by atoms with Gasteiger partial charge in [-0.3, -0.25) is 0 Å².